The van der Waals surface area contributed by atoms with Crippen molar-refractivity contribution in [2.45, 2.75) is 33.6 Å². The van der Waals surface area contributed by atoms with Gasteiger partial charge in [0.25, 0.3) is 0 Å². The molecule has 0 bridgehead atoms. The van der Waals surface area contributed by atoms with Crippen LogP contribution in [0.5, 0.6) is 0 Å². The van der Waals surface area contributed by atoms with Crippen LogP contribution in [0.2, 0.25) is 0 Å². The van der Waals surface area contributed by atoms with Gasteiger partial charge in [0.2, 0.25) is 5.91 Å². The fourth-order valence-corrected chi connectivity index (χ4v) is 1.07. The molecule has 14 heavy (non-hydrogen) atoms. The quantitative estimate of drug-likeness (QED) is 0.705. The number of carbonyl (C=O) groups is 2. The Kier molecular flexibility index (Phi) is 5.92. The van der Waals surface area contributed by atoms with Gasteiger partial charge in [0, 0.05) is 20.0 Å². The Labute approximate surface area is 84.9 Å². The third-order valence-corrected chi connectivity index (χ3v) is 2.02. The summed E-state index contributed by atoms with van der Waals surface area (Å²) in [5.41, 5.74) is 0. The SMILES string of the molecule is CC(=O)N(CCC(=O)O)CCC(C)C. The van der Waals surface area contributed by atoms with Crippen LogP contribution < -0.4 is 0 Å². The van der Waals surface area contributed by atoms with Crippen molar-refractivity contribution in [1.29, 1.82) is 0 Å². The second-order valence-corrected chi connectivity index (χ2v) is 3.83. The second-order valence-electron chi connectivity index (χ2n) is 3.83. The van der Waals surface area contributed by atoms with Gasteiger partial charge in [-0.15, -0.1) is 0 Å². The van der Waals surface area contributed by atoms with E-state index in [-0.39, 0.29) is 12.3 Å². The highest BCUT2D eigenvalue weighted by Gasteiger charge is 2.10. The van der Waals surface area contributed by atoms with Gasteiger partial charge in [0.1, 0.15) is 0 Å². The summed E-state index contributed by atoms with van der Waals surface area (Å²) < 4.78 is 0. The molecule has 0 fully saturated rings. The average Bonchev–Trinajstić information content (AvgIpc) is 2.02. The van der Waals surface area contributed by atoms with Gasteiger partial charge in [-0.05, 0) is 12.3 Å². The summed E-state index contributed by atoms with van der Waals surface area (Å²) in [5.74, 6) is -0.380. The number of amides is 1. The first-order valence-electron chi connectivity index (χ1n) is 4.90. The predicted octanol–water partition coefficient (Wildman–Crippen LogP) is 1.36. The molecule has 0 aromatic heterocycles. The molecule has 4 heteroatoms. The number of hydrogen-bond donors (Lipinski definition) is 1. The minimum atomic E-state index is -0.860. The first-order chi connectivity index (χ1) is 6.43. The smallest absolute Gasteiger partial charge is 0.305 e. The van der Waals surface area contributed by atoms with Gasteiger partial charge in [0.05, 0.1) is 6.42 Å². The van der Waals surface area contributed by atoms with Crippen LogP contribution in [0.15, 0.2) is 0 Å². The molecule has 0 radical (unpaired) electrons. The minimum absolute atomic E-state index is 0.0255. The molecular weight excluding hydrogens is 182 g/mol. The number of rotatable bonds is 6. The molecule has 82 valence electrons. The largest absolute Gasteiger partial charge is 0.481 e. The van der Waals surface area contributed by atoms with E-state index in [9.17, 15) is 9.59 Å². The number of carboxylic acid groups (broad SMARTS) is 1. The zero-order valence-corrected chi connectivity index (χ0v) is 9.12. The number of nitrogens with zero attached hydrogens (tertiary/aromatic N) is 1. The summed E-state index contributed by atoms with van der Waals surface area (Å²) in [6, 6.07) is 0. The lowest BCUT2D eigenvalue weighted by molar-refractivity contribution is -0.138. The minimum Gasteiger partial charge on any atom is -0.481 e. The van der Waals surface area contributed by atoms with Crippen LogP contribution in [0.4, 0.5) is 0 Å². The molecule has 1 amide bonds. The fraction of sp³-hybridized carbons (Fsp3) is 0.800. The molecule has 0 rings (SSSR count). The van der Waals surface area contributed by atoms with E-state index in [4.69, 9.17) is 5.11 Å². The summed E-state index contributed by atoms with van der Waals surface area (Å²) in [4.78, 5) is 23.0. The standard InChI is InChI=1S/C10H19NO3/c1-8(2)4-6-11(9(3)12)7-5-10(13)14/h8H,4-7H2,1-3H3,(H,13,14). The van der Waals surface area contributed by atoms with Gasteiger partial charge >= 0.3 is 5.97 Å². The highest BCUT2D eigenvalue weighted by Crippen LogP contribution is 2.03. The van der Waals surface area contributed by atoms with Crippen LogP contribution in [-0.2, 0) is 9.59 Å². The van der Waals surface area contributed by atoms with Gasteiger partial charge < -0.3 is 10.0 Å². The third-order valence-electron chi connectivity index (χ3n) is 2.02. The molecule has 0 spiro atoms. The first-order valence-corrected chi connectivity index (χ1v) is 4.90. The van der Waals surface area contributed by atoms with E-state index in [0.29, 0.717) is 19.0 Å². The Morgan fingerprint density at radius 3 is 2.21 bits per heavy atom. The lowest BCUT2D eigenvalue weighted by Crippen LogP contribution is -2.32. The van der Waals surface area contributed by atoms with Crippen LogP contribution in [0.3, 0.4) is 0 Å². The van der Waals surface area contributed by atoms with Crippen molar-refractivity contribution in [2.75, 3.05) is 13.1 Å². The number of carboxylic acids is 1. The molecule has 0 saturated heterocycles. The molecule has 0 aliphatic rings. The van der Waals surface area contributed by atoms with Gasteiger partial charge in [0.15, 0.2) is 0 Å². The normalized spacial score (nSPS) is 10.3. The topological polar surface area (TPSA) is 57.6 Å². The summed E-state index contributed by atoms with van der Waals surface area (Å²) >= 11 is 0. The van der Waals surface area contributed by atoms with Crippen LogP contribution in [-0.4, -0.2) is 35.0 Å². The molecule has 0 unspecified atom stereocenters. The summed E-state index contributed by atoms with van der Waals surface area (Å²) in [6.07, 6.45) is 0.941. The highest BCUT2D eigenvalue weighted by molar-refractivity contribution is 5.74. The van der Waals surface area contributed by atoms with Crippen molar-refractivity contribution < 1.29 is 14.7 Å². The van der Waals surface area contributed by atoms with Crippen molar-refractivity contribution in [3.05, 3.63) is 0 Å². The molecule has 0 aromatic rings. The van der Waals surface area contributed by atoms with E-state index in [2.05, 4.69) is 13.8 Å². The summed E-state index contributed by atoms with van der Waals surface area (Å²) in [7, 11) is 0. The van der Waals surface area contributed by atoms with Gasteiger partial charge in [-0.1, -0.05) is 13.8 Å². The summed E-state index contributed by atoms with van der Waals surface area (Å²) in [6.45, 7) is 6.60. The van der Waals surface area contributed by atoms with E-state index in [0.717, 1.165) is 6.42 Å². The Morgan fingerprint density at radius 2 is 1.86 bits per heavy atom. The van der Waals surface area contributed by atoms with Gasteiger partial charge in [-0.2, -0.15) is 0 Å². The van der Waals surface area contributed by atoms with Crippen LogP contribution in [0, 0.1) is 5.92 Å². The molecular formula is C10H19NO3. The number of aliphatic carboxylic acids is 1. The zero-order chi connectivity index (χ0) is 11.1. The lowest BCUT2D eigenvalue weighted by Gasteiger charge is -2.20. The Morgan fingerprint density at radius 1 is 1.29 bits per heavy atom. The van der Waals surface area contributed by atoms with E-state index < -0.39 is 5.97 Å². The maximum atomic E-state index is 11.1. The molecule has 0 aromatic carbocycles. The monoisotopic (exact) mass is 201 g/mol. The molecule has 0 saturated carbocycles. The lowest BCUT2D eigenvalue weighted by atomic mass is 10.1. The average molecular weight is 201 g/mol. The Bertz CT molecular complexity index is 202. The Balaban J connectivity index is 3.90. The van der Waals surface area contributed by atoms with Crippen molar-refractivity contribution in [1.82, 2.24) is 4.90 Å². The molecule has 0 atom stereocenters. The first kappa shape index (κ1) is 12.9. The predicted molar refractivity (Wildman–Crippen MR) is 54.0 cm³/mol. The molecule has 0 aliphatic carbocycles. The maximum Gasteiger partial charge on any atom is 0.305 e. The van der Waals surface area contributed by atoms with E-state index in [1.54, 1.807) is 4.90 Å². The molecule has 0 aliphatic heterocycles. The summed E-state index contributed by atoms with van der Waals surface area (Å²) in [5, 5.41) is 8.48. The van der Waals surface area contributed by atoms with Crippen LogP contribution in [0.25, 0.3) is 0 Å². The van der Waals surface area contributed by atoms with Crippen molar-refractivity contribution in [3.8, 4) is 0 Å². The van der Waals surface area contributed by atoms with Crippen molar-refractivity contribution in [3.63, 3.8) is 0 Å². The molecule has 1 N–H and O–H groups in total. The van der Waals surface area contributed by atoms with Crippen LogP contribution in [0.1, 0.15) is 33.6 Å². The molecule has 0 heterocycles. The Hall–Kier alpha value is -1.06. The third kappa shape index (κ3) is 6.46. The van der Waals surface area contributed by atoms with Crippen molar-refractivity contribution in [2.24, 2.45) is 5.92 Å². The maximum absolute atomic E-state index is 11.1. The van der Waals surface area contributed by atoms with Gasteiger partial charge in [-0.25, -0.2) is 0 Å². The van der Waals surface area contributed by atoms with Crippen LogP contribution >= 0.6 is 0 Å². The van der Waals surface area contributed by atoms with E-state index in [1.807, 2.05) is 0 Å². The zero-order valence-electron chi connectivity index (χ0n) is 9.12. The highest BCUT2D eigenvalue weighted by atomic mass is 16.4. The van der Waals surface area contributed by atoms with E-state index in [1.165, 1.54) is 6.92 Å². The van der Waals surface area contributed by atoms with Crippen molar-refractivity contribution >= 4 is 11.9 Å². The van der Waals surface area contributed by atoms with Gasteiger partial charge in [-0.3, -0.25) is 9.59 Å². The second kappa shape index (κ2) is 6.40. The van der Waals surface area contributed by atoms with E-state index >= 15 is 0 Å². The number of carbonyl (C=O) groups excluding carboxylic acids is 1. The molecule has 4 nitrogen and oxygen atoms in total. The number of hydrogen-bond acceptors (Lipinski definition) is 2. The fourth-order valence-electron chi connectivity index (χ4n) is 1.07.